The molecule has 94 valence electrons. The van der Waals surface area contributed by atoms with Gasteiger partial charge < -0.3 is 10.2 Å². The lowest BCUT2D eigenvalue weighted by Gasteiger charge is -2.38. The van der Waals surface area contributed by atoms with Crippen LogP contribution in [-0.2, 0) is 4.79 Å². The Morgan fingerprint density at radius 1 is 1.38 bits per heavy atom. The van der Waals surface area contributed by atoms with E-state index < -0.39 is 17.6 Å². The van der Waals surface area contributed by atoms with Crippen molar-refractivity contribution in [1.82, 2.24) is 4.90 Å². The molecule has 0 bridgehead atoms. The van der Waals surface area contributed by atoms with Gasteiger partial charge >= 0.3 is 5.97 Å². The second-order valence-corrected chi connectivity index (χ2v) is 4.75. The SMILES string of the molecule is CCC(O)(CC)CN1CCCCC1C(=O)O. The zero-order valence-electron chi connectivity index (χ0n) is 10.3. The van der Waals surface area contributed by atoms with Crippen LogP contribution in [0.5, 0.6) is 0 Å². The van der Waals surface area contributed by atoms with Crippen molar-refractivity contribution >= 4 is 5.97 Å². The predicted molar refractivity (Wildman–Crippen MR) is 62.4 cm³/mol. The van der Waals surface area contributed by atoms with Crippen molar-refractivity contribution < 1.29 is 15.0 Å². The van der Waals surface area contributed by atoms with Gasteiger partial charge in [-0.25, -0.2) is 0 Å². The van der Waals surface area contributed by atoms with Gasteiger partial charge in [0.1, 0.15) is 6.04 Å². The smallest absolute Gasteiger partial charge is 0.320 e. The van der Waals surface area contributed by atoms with E-state index in [9.17, 15) is 9.90 Å². The second-order valence-electron chi connectivity index (χ2n) is 4.75. The van der Waals surface area contributed by atoms with Crippen LogP contribution >= 0.6 is 0 Å². The Hall–Kier alpha value is -0.610. The summed E-state index contributed by atoms with van der Waals surface area (Å²) >= 11 is 0. The van der Waals surface area contributed by atoms with E-state index >= 15 is 0 Å². The molecule has 1 heterocycles. The number of carboxylic acid groups (broad SMARTS) is 1. The number of carbonyl (C=O) groups is 1. The van der Waals surface area contributed by atoms with Gasteiger partial charge in [-0.3, -0.25) is 9.69 Å². The topological polar surface area (TPSA) is 60.8 Å². The lowest BCUT2D eigenvalue weighted by Crippen LogP contribution is -2.51. The zero-order valence-corrected chi connectivity index (χ0v) is 10.3. The number of likely N-dealkylation sites (tertiary alicyclic amines) is 1. The fourth-order valence-corrected chi connectivity index (χ4v) is 2.31. The summed E-state index contributed by atoms with van der Waals surface area (Å²) < 4.78 is 0. The molecular formula is C12H23NO3. The summed E-state index contributed by atoms with van der Waals surface area (Å²) in [5, 5.41) is 19.4. The van der Waals surface area contributed by atoms with Crippen LogP contribution in [0.1, 0.15) is 46.0 Å². The molecule has 0 aromatic carbocycles. The van der Waals surface area contributed by atoms with Gasteiger partial charge in [0, 0.05) is 6.54 Å². The summed E-state index contributed by atoms with van der Waals surface area (Å²) in [6.07, 6.45) is 4.06. The van der Waals surface area contributed by atoms with Gasteiger partial charge in [-0.05, 0) is 32.2 Å². The third-order valence-corrected chi connectivity index (χ3v) is 3.71. The first-order valence-electron chi connectivity index (χ1n) is 6.21. The quantitative estimate of drug-likeness (QED) is 0.749. The number of β-amino-alcohol motifs (C(OH)–C–C–N with tert-alkyl or cyclic N) is 1. The normalized spacial score (nSPS) is 23.3. The van der Waals surface area contributed by atoms with E-state index in [-0.39, 0.29) is 0 Å². The molecule has 0 saturated carbocycles. The summed E-state index contributed by atoms with van der Waals surface area (Å²) in [7, 11) is 0. The number of rotatable bonds is 5. The first-order chi connectivity index (χ1) is 7.52. The number of aliphatic carboxylic acids is 1. The van der Waals surface area contributed by atoms with Crippen molar-refractivity contribution in [2.24, 2.45) is 0 Å². The molecule has 1 saturated heterocycles. The minimum absolute atomic E-state index is 0.404. The molecule has 4 nitrogen and oxygen atoms in total. The van der Waals surface area contributed by atoms with Crippen LogP contribution in [0.3, 0.4) is 0 Å². The Morgan fingerprint density at radius 2 is 2.00 bits per heavy atom. The maximum Gasteiger partial charge on any atom is 0.320 e. The van der Waals surface area contributed by atoms with E-state index in [2.05, 4.69) is 0 Å². The van der Waals surface area contributed by atoms with Gasteiger partial charge in [0.05, 0.1) is 5.60 Å². The van der Waals surface area contributed by atoms with Gasteiger partial charge in [-0.2, -0.15) is 0 Å². The molecule has 0 radical (unpaired) electrons. The maximum absolute atomic E-state index is 11.1. The van der Waals surface area contributed by atoms with Gasteiger partial charge in [-0.15, -0.1) is 0 Å². The summed E-state index contributed by atoms with van der Waals surface area (Å²) in [6.45, 7) is 5.17. The van der Waals surface area contributed by atoms with Crippen molar-refractivity contribution in [2.45, 2.75) is 57.6 Å². The van der Waals surface area contributed by atoms with Gasteiger partial charge in [0.2, 0.25) is 0 Å². The third kappa shape index (κ3) is 3.19. The highest BCUT2D eigenvalue weighted by Crippen LogP contribution is 2.23. The largest absolute Gasteiger partial charge is 0.480 e. The van der Waals surface area contributed by atoms with Crippen molar-refractivity contribution in [3.8, 4) is 0 Å². The van der Waals surface area contributed by atoms with Crippen LogP contribution in [0.15, 0.2) is 0 Å². The van der Waals surface area contributed by atoms with Crippen LogP contribution in [0, 0.1) is 0 Å². The highest BCUT2D eigenvalue weighted by molar-refractivity contribution is 5.73. The molecule has 1 atom stereocenters. The third-order valence-electron chi connectivity index (χ3n) is 3.71. The number of hydrogen-bond acceptors (Lipinski definition) is 3. The first kappa shape index (κ1) is 13.5. The van der Waals surface area contributed by atoms with E-state index in [1.807, 2.05) is 18.7 Å². The molecule has 1 rings (SSSR count). The Labute approximate surface area is 97.3 Å². The molecule has 1 unspecified atom stereocenters. The molecule has 16 heavy (non-hydrogen) atoms. The van der Waals surface area contributed by atoms with Crippen LogP contribution in [0.2, 0.25) is 0 Å². The minimum atomic E-state index is -0.755. The molecule has 4 heteroatoms. The fraction of sp³-hybridized carbons (Fsp3) is 0.917. The molecule has 1 fully saturated rings. The minimum Gasteiger partial charge on any atom is -0.480 e. The molecule has 0 aromatic rings. The molecule has 0 aromatic heterocycles. The average molecular weight is 229 g/mol. The Balaban J connectivity index is 2.65. The number of nitrogens with zero attached hydrogens (tertiary/aromatic N) is 1. The Bertz CT molecular complexity index is 238. The van der Waals surface area contributed by atoms with Crippen molar-refractivity contribution in [3.63, 3.8) is 0 Å². The highest BCUT2D eigenvalue weighted by atomic mass is 16.4. The van der Waals surface area contributed by atoms with E-state index in [1.165, 1.54) is 0 Å². The van der Waals surface area contributed by atoms with E-state index in [1.54, 1.807) is 0 Å². The molecule has 1 aliphatic heterocycles. The number of hydrogen-bond donors (Lipinski definition) is 2. The van der Waals surface area contributed by atoms with Crippen LogP contribution in [0.4, 0.5) is 0 Å². The Kier molecular flexibility index (Phi) is 4.74. The summed E-state index contributed by atoms with van der Waals surface area (Å²) in [5.41, 5.74) is -0.731. The summed E-state index contributed by atoms with van der Waals surface area (Å²) in [4.78, 5) is 13.0. The van der Waals surface area contributed by atoms with Gasteiger partial charge in [0.25, 0.3) is 0 Å². The molecular weight excluding hydrogens is 206 g/mol. The maximum atomic E-state index is 11.1. The Morgan fingerprint density at radius 3 is 2.50 bits per heavy atom. The van der Waals surface area contributed by atoms with E-state index in [0.717, 1.165) is 19.4 Å². The van der Waals surface area contributed by atoms with E-state index in [0.29, 0.717) is 25.8 Å². The van der Waals surface area contributed by atoms with Crippen LogP contribution < -0.4 is 0 Å². The van der Waals surface area contributed by atoms with Crippen molar-refractivity contribution in [1.29, 1.82) is 0 Å². The molecule has 0 amide bonds. The van der Waals surface area contributed by atoms with Crippen LogP contribution in [0.25, 0.3) is 0 Å². The standard InChI is InChI=1S/C12H23NO3/c1-3-12(16,4-2)9-13-8-6-5-7-10(13)11(14)15/h10,16H,3-9H2,1-2H3,(H,14,15). The molecule has 2 N–H and O–H groups in total. The van der Waals surface area contributed by atoms with Gasteiger partial charge in [0.15, 0.2) is 0 Å². The first-order valence-corrected chi connectivity index (χ1v) is 6.21. The fourth-order valence-electron chi connectivity index (χ4n) is 2.31. The molecule has 0 aliphatic carbocycles. The predicted octanol–water partition coefficient (Wildman–Crippen LogP) is 1.48. The number of piperidine rings is 1. The van der Waals surface area contributed by atoms with Crippen LogP contribution in [-0.4, -0.2) is 45.8 Å². The molecule has 0 spiro atoms. The number of carboxylic acids is 1. The lowest BCUT2D eigenvalue weighted by molar-refractivity contribution is -0.146. The lowest BCUT2D eigenvalue weighted by atomic mass is 9.93. The van der Waals surface area contributed by atoms with Gasteiger partial charge in [-0.1, -0.05) is 20.3 Å². The number of aliphatic hydroxyl groups is 1. The second kappa shape index (κ2) is 5.64. The summed E-state index contributed by atoms with van der Waals surface area (Å²) in [5.74, 6) is -0.755. The monoisotopic (exact) mass is 229 g/mol. The average Bonchev–Trinajstić information content (AvgIpc) is 2.29. The zero-order chi connectivity index (χ0) is 12.2. The van der Waals surface area contributed by atoms with E-state index in [4.69, 9.17) is 5.11 Å². The highest BCUT2D eigenvalue weighted by Gasteiger charge is 2.34. The molecule has 1 aliphatic rings. The summed E-state index contributed by atoms with van der Waals surface area (Å²) in [6, 6.07) is -0.404. The van der Waals surface area contributed by atoms with Crippen molar-refractivity contribution in [3.05, 3.63) is 0 Å². The van der Waals surface area contributed by atoms with Crippen molar-refractivity contribution in [2.75, 3.05) is 13.1 Å².